The summed E-state index contributed by atoms with van der Waals surface area (Å²) in [5.74, 6) is 0.0186. The first kappa shape index (κ1) is 56.1. The van der Waals surface area contributed by atoms with Gasteiger partial charge in [-0.3, -0.25) is 14.4 Å². The molecule has 0 aliphatic rings. The second-order valence-electron chi connectivity index (χ2n) is 18.6. The molecule has 0 spiro atoms. The fourth-order valence-corrected chi connectivity index (χ4v) is 8.46. The highest BCUT2D eigenvalue weighted by Gasteiger charge is 2.20. The number of nitrogens with zero attached hydrogens (tertiary/aromatic N) is 2. The number of hydrogen-bond donors (Lipinski definition) is 2. The molecule has 0 saturated carbocycles. The molecular formula is C52H100N4O4. The van der Waals surface area contributed by atoms with Gasteiger partial charge in [0.2, 0.25) is 0 Å². The van der Waals surface area contributed by atoms with Crippen LogP contribution in [0.2, 0.25) is 0 Å². The fraction of sp³-hybridized carbons (Fsp3) is 0.904. The van der Waals surface area contributed by atoms with E-state index in [-0.39, 0.29) is 12.1 Å². The zero-order chi connectivity index (χ0) is 43.7. The highest BCUT2D eigenvalue weighted by atomic mass is 16.5. The zero-order valence-corrected chi connectivity index (χ0v) is 40.6. The highest BCUT2D eigenvalue weighted by molar-refractivity contribution is 5.73. The van der Waals surface area contributed by atoms with Crippen LogP contribution in [0.3, 0.4) is 0 Å². The Morgan fingerprint density at radius 2 is 0.800 bits per heavy atom. The van der Waals surface area contributed by atoms with Crippen molar-refractivity contribution in [1.29, 1.82) is 0 Å². The van der Waals surface area contributed by atoms with Crippen molar-refractivity contribution in [2.24, 2.45) is 0 Å². The summed E-state index contributed by atoms with van der Waals surface area (Å²) < 4.78 is 6.09. The number of unbranched alkanes of at least 4 members (excludes halogenated alkanes) is 27. The van der Waals surface area contributed by atoms with Crippen molar-refractivity contribution in [3.63, 3.8) is 0 Å². The molecule has 0 aliphatic carbocycles. The number of rotatable bonds is 47. The average Bonchev–Trinajstić information content (AvgIpc) is 3.24. The van der Waals surface area contributed by atoms with Crippen LogP contribution < -0.4 is 21.5 Å². The molecule has 60 heavy (non-hydrogen) atoms. The molecule has 0 fully saturated rings. The van der Waals surface area contributed by atoms with Crippen molar-refractivity contribution in [3.05, 3.63) is 20.4 Å². The van der Waals surface area contributed by atoms with Crippen molar-refractivity contribution >= 4 is 17.3 Å². The number of ether oxygens (including phenoxy) is 1. The Kier molecular flexibility index (Phi) is 38.4. The number of nitrogens with one attached hydrogen (secondary N) is 2. The van der Waals surface area contributed by atoms with Crippen LogP contribution in [-0.2, 0) is 9.53 Å². The summed E-state index contributed by atoms with van der Waals surface area (Å²) in [7, 11) is 3.99. The Morgan fingerprint density at radius 1 is 0.450 bits per heavy atom. The van der Waals surface area contributed by atoms with Crippen LogP contribution in [-0.4, -0.2) is 75.2 Å². The van der Waals surface area contributed by atoms with Gasteiger partial charge in [0, 0.05) is 26.1 Å². The quantitative estimate of drug-likeness (QED) is 0.0381. The van der Waals surface area contributed by atoms with Gasteiger partial charge >= 0.3 is 5.97 Å². The standard InChI is InChI=1S/C52H100N4O4/c1-6-9-12-15-18-19-20-21-22-23-24-25-30-35-43-56(45-37-41-53-49-50(52(59)51(49)58)54-42-46-55(4)5)44-36-31-26-29-34-40-48(57)60-47(38-32-27-16-13-10-7-2)39-33-28-17-14-11-8-3/h47,53-54H,6-46H2,1-5H3. The van der Waals surface area contributed by atoms with Crippen molar-refractivity contribution < 1.29 is 9.53 Å². The number of anilines is 2. The summed E-state index contributed by atoms with van der Waals surface area (Å²) in [6.07, 6.45) is 43.8. The van der Waals surface area contributed by atoms with Gasteiger partial charge in [-0.15, -0.1) is 0 Å². The van der Waals surface area contributed by atoms with E-state index >= 15 is 0 Å². The third-order valence-electron chi connectivity index (χ3n) is 12.5. The number of hydrogen-bond acceptors (Lipinski definition) is 8. The molecular weight excluding hydrogens is 745 g/mol. The van der Waals surface area contributed by atoms with Gasteiger partial charge in [-0.2, -0.15) is 0 Å². The fourth-order valence-electron chi connectivity index (χ4n) is 8.46. The molecule has 1 aromatic carbocycles. The Morgan fingerprint density at radius 3 is 1.22 bits per heavy atom. The third kappa shape index (κ3) is 31.8. The molecule has 1 aromatic rings. The van der Waals surface area contributed by atoms with Crippen molar-refractivity contribution in [1.82, 2.24) is 9.80 Å². The van der Waals surface area contributed by atoms with E-state index in [1.807, 2.05) is 14.1 Å². The molecule has 8 heteroatoms. The molecule has 0 saturated heterocycles. The van der Waals surface area contributed by atoms with E-state index in [0.717, 1.165) is 64.7 Å². The Hall–Kier alpha value is -1.93. The molecule has 2 N–H and O–H groups in total. The molecule has 0 aliphatic heterocycles. The zero-order valence-electron chi connectivity index (χ0n) is 40.6. The van der Waals surface area contributed by atoms with Gasteiger partial charge in [0.25, 0.3) is 10.9 Å². The second kappa shape index (κ2) is 41.1. The molecule has 0 unspecified atom stereocenters. The molecule has 352 valence electrons. The minimum Gasteiger partial charge on any atom is -0.462 e. The van der Waals surface area contributed by atoms with Crippen LogP contribution in [0.5, 0.6) is 0 Å². The average molecular weight is 845 g/mol. The first-order chi connectivity index (χ1) is 29.3. The lowest BCUT2D eigenvalue weighted by Gasteiger charge is -2.23. The van der Waals surface area contributed by atoms with E-state index in [0.29, 0.717) is 30.9 Å². The van der Waals surface area contributed by atoms with Gasteiger partial charge in [-0.25, -0.2) is 0 Å². The Bertz CT molecular complexity index is 1150. The normalized spacial score (nSPS) is 11.8. The Labute approximate surface area is 371 Å². The van der Waals surface area contributed by atoms with E-state index in [9.17, 15) is 14.4 Å². The molecule has 0 bridgehead atoms. The minimum atomic E-state index is -0.399. The van der Waals surface area contributed by atoms with E-state index < -0.39 is 10.9 Å². The topological polar surface area (TPSA) is 91.0 Å². The van der Waals surface area contributed by atoms with Gasteiger partial charge in [0.15, 0.2) is 0 Å². The predicted octanol–water partition coefficient (Wildman–Crippen LogP) is 13.6. The second-order valence-corrected chi connectivity index (χ2v) is 18.6. The maximum atomic E-state index is 12.9. The largest absolute Gasteiger partial charge is 0.462 e. The van der Waals surface area contributed by atoms with Gasteiger partial charge in [-0.05, 0) is 85.1 Å². The Balaban J connectivity index is 2.43. The van der Waals surface area contributed by atoms with Gasteiger partial charge in [0.05, 0.1) is 0 Å². The van der Waals surface area contributed by atoms with Crippen LogP contribution in [0.4, 0.5) is 11.4 Å². The van der Waals surface area contributed by atoms with Gasteiger partial charge < -0.3 is 25.2 Å². The van der Waals surface area contributed by atoms with Crippen LogP contribution >= 0.6 is 0 Å². The maximum Gasteiger partial charge on any atom is 0.306 e. The first-order valence-electron chi connectivity index (χ1n) is 26.2. The summed E-state index contributed by atoms with van der Waals surface area (Å²) in [4.78, 5) is 42.0. The lowest BCUT2D eigenvalue weighted by Crippen LogP contribution is -2.39. The predicted molar refractivity (Wildman–Crippen MR) is 262 cm³/mol. The van der Waals surface area contributed by atoms with Crippen LogP contribution in [0.15, 0.2) is 9.59 Å². The van der Waals surface area contributed by atoms with Crippen LogP contribution in [0.25, 0.3) is 0 Å². The molecule has 0 amide bonds. The lowest BCUT2D eigenvalue weighted by molar-refractivity contribution is -0.150. The summed E-state index contributed by atoms with van der Waals surface area (Å²) in [5.41, 5.74) is 0.127. The summed E-state index contributed by atoms with van der Waals surface area (Å²) in [6, 6.07) is 0. The molecule has 1 rings (SSSR count). The van der Waals surface area contributed by atoms with Gasteiger partial charge in [-0.1, -0.05) is 188 Å². The van der Waals surface area contributed by atoms with Crippen LogP contribution in [0.1, 0.15) is 245 Å². The highest BCUT2D eigenvalue weighted by Crippen LogP contribution is 2.19. The maximum absolute atomic E-state index is 12.9. The van der Waals surface area contributed by atoms with Crippen LogP contribution in [0, 0.1) is 0 Å². The van der Waals surface area contributed by atoms with E-state index in [4.69, 9.17) is 4.74 Å². The monoisotopic (exact) mass is 845 g/mol. The smallest absolute Gasteiger partial charge is 0.306 e. The van der Waals surface area contributed by atoms with Crippen molar-refractivity contribution in [2.45, 2.75) is 252 Å². The minimum absolute atomic E-state index is 0.0186. The van der Waals surface area contributed by atoms with E-state index in [1.54, 1.807) is 0 Å². The van der Waals surface area contributed by atoms with Gasteiger partial charge in [0.1, 0.15) is 17.5 Å². The lowest BCUT2D eigenvalue weighted by atomic mass is 10.0. The number of carbonyl (C=O) groups excluding carboxylic acids is 1. The SMILES string of the molecule is CCCCCCCCCCCCCCCCN(CCCCCCCC(=O)OC(CCCCCCCC)CCCCCCCC)CCCNc1c(NCCN(C)C)c(=O)c1=O. The first-order valence-corrected chi connectivity index (χ1v) is 26.2. The third-order valence-corrected chi connectivity index (χ3v) is 12.5. The van der Waals surface area contributed by atoms with E-state index in [2.05, 4.69) is 41.2 Å². The number of esters is 1. The number of likely N-dealkylation sites (N-methyl/N-ethyl adjacent to an activating group) is 1. The summed E-state index contributed by atoms with van der Waals surface area (Å²) in [5, 5.41) is 6.44. The molecule has 8 nitrogen and oxygen atoms in total. The number of carbonyl (C=O) groups is 1. The molecule has 0 heterocycles. The summed E-state index contributed by atoms with van der Waals surface area (Å²) in [6.45, 7) is 12.2. The molecule has 0 radical (unpaired) electrons. The summed E-state index contributed by atoms with van der Waals surface area (Å²) >= 11 is 0. The van der Waals surface area contributed by atoms with E-state index in [1.165, 1.54) is 180 Å². The van der Waals surface area contributed by atoms with Crippen molar-refractivity contribution in [2.75, 3.05) is 64.0 Å². The molecule has 0 atom stereocenters. The van der Waals surface area contributed by atoms with Crippen molar-refractivity contribution in [3.8, 4) is 0 Å². The molecule has 0 aromatic heterocycles.